The molecule has 0 amide bonds. The van der Waals surface area contributed by atoms with Crippen LogP contribution in [-0.4, -0.2) is 31.2 Å². The van der Waals surface area contributed by atoms with Crippen LogP contribution >= 0.6 is 11.3 Å². The van der Waals surface area contributed by atoms with Gasteiger partial charge in [0.2, 0.25) is 0 Å². The smallest absolute Gasteiger partial charge is 0.268 e. The van der Waals surface area contributed by atoms with Gasteiger partial charge in [-0.3, -0.25) is 14.4 Å². The van der Waals surface area contributed by atoms with Gasteiger partial charge in [0.05, 0.1) is 17.8 Å². The molecule has 126 valence electrons. The minimum Gasteiger partial charge on any atom is -0.308 e. The van der Waals surface area contributed by atoms with E-state index in [2.05, 4.69) is 32.5 Å². The number of thiophene rings is 1. The Morgan fingerprint density at radius 2 is 2.33 bits per heavy atom. The number of hydrogen-bond donors (Lipinski definition) is 1. The molecule has 0 fully saturated rings. The number of aromatic nitrogens is 4. The number of hydrogen-bond acceptors (Lipinski definition) is 5. The van der Waals surface area contributed by atoms with Gasteiger partial charge in [-0.1, -0.05) is 6.92 Å². The molecule has 3 aromatic heterocycles. The van der Waals surface area contributed by atoms with E-state index < -0.39 is 0 Å². The largest absolute Gasteiger partial charge is 0.308 e. The Hall–Kier alpha value is -1.99. The molecular weight excluding hydrogens is 322 g/mol. The topological polar surface area (TPSA) is 66.8 Å². The highest BCUT2D eigenvalue weighted by atomic mass is 32.1. The predicted octanol–water partition coefficient (Wildman–Crippen LogP) is 2.54. The van der Waals surface area contributed by atoms with E-state index >= 15 is 0 Å². The lowest BCUT2D eigenvalue weighted by atomic mass is 10.2. The molecule has 1 aliphatic rings. The van der Waals surface area contributed by atoms with Crippen molar-refractivity contribution >= 4 is 21.6 Å². The molecule has 0 radical (unpaired) electrons. The Balaban J connectivity index is 1.54. The Morgan fingerprint density at radius 3 is 3.17 bits per heavy atom. The fourth-order valence-electron chi connectivity index (χ4n) is 3.36. The standard InChI is InChI=1S/C17H21N5OS/c1-2-6-21(10-12-9-13-4-3-7-22(13)20-12)11-15-18-14-5-8-24-16(14)17(23)19-15/h5,8-9H,2-4,6-7,10-11H2,1H3,(H,18,19,23). The number of H-pyrrole nitrogens is 1. The second kappa shape index (κ2) is 6.49. The van der Waals surface area contributed by atoms with Crippen molar-refractivity contribution < 1.29 is 0 Å². The zero-order valence-electron chi connectivity index (χ0n) is 13.8. The molecule has 24 heavy (non-hydrogen) atoms. The van der Waals surface area contributed by atoms with E-state index in [9.17, 15) is 4.79 Å². The van der Waals surface area contributed by atoms with E-state index in [4.69, 9.17) is 5.10 Å². The van der Waals surface area contributed by atoms with Crippen LogP contribution in [0.2, 0.25) is 0 Å². The summed E-state index contributed by atoms with van der Waals surface area (Å²) in [4.78, 5) is 22.0. The molecule has 0 saturated carbocycles. The molecule has 0 spiro atoms. The number of aryl methyl sites for hydroxylation is 2. The molecule has 1 aliphatic heterocycles. The summed E-state index contributed by atoms with van der Waals surface area (Å²) in [5.41, 5.74) is 3.20. The van der Waals surface area contributed by atoms with Crippen molar-refractivity contribution in [1.82, 2.24) is 24.6 Å². The van der Waals surface area contributed by atoms with E-state index in [1.54, 1.807) is 0 Å². The van der Waals surface area contributed by atoms with Gasteiger partial charge in [0.1, 0.15) is 10.5 Å². The van der Waals surface area contributed by atoms with Gasteiger partial charge in [-0.15, -0.1) is 11.3 Å². The van der Waals surface area contributed by atoms with Crippen LogP contribution in [0.15, 0.2) is 22.3 Å². The third kappa shape index (κ3) is 3.01. The summed E-state index contributed by atoms with van der Waals surface area (Å²) in [6.45, 7) is 5.58. The summed E-state index contributed by atoms with van der Waals surface area (Å²) in [5, 5.41) is 6.61. The molecule has 4 heterocycles. The van der Waals surface area contributed by atoms with Gasteiger partial charge in [0.25, 0.3) is 5.56 Å². The molecule has 7 heteroatoms. The summed E-state index contributed by atoms with van der Waals surface area (Å²) >= 11 is 1.44. The van der Waals surface area contributed by atoms with Gasteiger partial charge >= 0.3 is 0 Å². The first-order chi connectivity index (χ1) is 11.7. The van der Waals surface area contributed by atoms with Crippen molar-refractivity contribution in [3.8, 4) is 0 Å². The minimum atomic E-state index is -0.0394. The summed E-state index contributed by atoms with van der Waals surface area (Å²) < 4.78 is 2.82. The predicted molar refractivity (Wildman–Crippen MR) is 95.2 cm³/mol. The Labute approximate surface area is 144 Å². The minimum absolute atomic E-state index is 0.0394. The van der Waals surface area contributed by atoms with Gasteiger partial charge in [0, 0.05) is 18.8 Å². The quantitative estimate of drug-likeness (QED) is 0.747. The first-order valence-electron chi connectivity index (χ1n) is 8.47. The molecule has 6 nitrogen and oxygen atoms in total. The third-order valence-corrected chi connectivity index (χ3v) is 5.28. The normalized spacial score (nSPS) is 13.9. The molecule has 0 bridgehead atoms. The summed E-state index contributed by atoms with van der Waals surface area (Å²) in [6, 6.07) is 4.12. The van der Waals surface area contributed by atoms with Crippen molar-refractivity contribution in [2.75, 3.05) is 6.54 Å². The maximum atomic E-state index is 12.1. The van der Waals surface area contributed by atoms with Gasteiger partial charge < -0.3 is 4.98 Å². The lowest BCUT2D eigenvalue weighted by Gasteiger charge is -2.20. The zero-order chi connectivity index (χ0) is 16.5. The van der Waals surface area contributed by atoms with Crippen LogP contribution in [0.5, 0.6) is 0 Å². The van der Waals surface area contributed by atoms with E-state index in [0.29, 0.717) is 11.2 Å². The van der Waals surface area contributed by atoms with Crippen LogP contribution in [-0.2, 0) is 26.1 Å². The van der Waals surface area contributed by atoms with Crippen molar-refractivity contribution in [3.63, 3.8) is 0 Å². The highest BCUT2D eigenvalue weighted by molar-refractivity contribution is 7.17. The molecule has 0 aliphatic carbocycles. The van der Waals surface area contributed by atoms with E-state index in [0.717, 1.165) is 49.5 Å². The third-order valence-electron chi connectivity index (χ3n) is 4.38. The molecule has 0 aromatic carbocycles. The Bertz CT molecular complexity index is 888. The van der Waals surface area contributed by atoms with Crippen molar-refractivity contribution in [1.29, 1.82) is 0 Å². The fraction of sp³-hybridized carbons (Fsp3) is 0.471. The highest BCUT2D eigenvalue weighted by Gasteiger charge is 2.16. The zero-order valence-corrected chi connectivity index (χ0v) is 14.6. The second-order valence-electron chi connectivity index (χ2n) is 6.31. The average Bonchev–Trinajstić information content (AvgIpc) is 3.22. The Morgan fingerprint density at radius 1 is 1.42 bits per heavy atom. The maximum Gasteiger partial charge on any atom is 0.268 e. The van der Waals surface area contributed by atoms with Crippen LogP contribution in [0, 0.1) is 0 Å². The Kier molecular flexibility index (Phi) is 4.20. The number of nitrogens with zero attached hydrogens (tertiary/aromatic N) is 4. The van der Waals surface area contributed by atoms with Crippen LogP contribution < -0.4 is 5.56 Å². The van der Waals surface area contributed by atoms with Crippen molar-refractivity contribution in [2.24, 2.45) is 0 Å². The molecule has 1 N–H and O–H groups in total. The van der Waals surface area contributed by atoms with E-state index in [-0.39, 0.29) is 5.56 Å². The van der Waals surface area contributed by atoms with Crippen LogP contribution in [0.3, 0.4) is 0 Å². The average molecular weight is 343 g/mol. The fourth-order valence-corrected chi connectivity index (χ4v) is 4.09. The summed E-state index contributed by atoms with van der Waals surface area (Å²) in [7, 11) is 0. The maximum absolute atomic E-state index is 12.1. The first kappa shape index (κ1) is 15.5. The molecule has 3 aromatic rings. The summed E-state index contributed by atoms with van der Waals surface area (Å²) in [6.07, 6.45) is 3.38. The van der Waals surface area contributed by atoms with E-state index in [1.807, 2.05) is 11.4 Å². The molecule has 0 saturated heterocycles. The van der Waals surface area contributed by atoms with Gasteiger partial charge in [0.15, 0.2) is 0 Å². The first-order valence-corrected chi connectivity index (χ1v) is 9.35. The molecular formula is C17H21N5OS. The lowest BCUT2D eigenvalue weighted by molar-refractivity contribution is 0.247. The molecule has 0 unspecified atom stereocenters. The van der Waals surface area contributed by atoms with Crippen LogP contribution in [0.1, 0.15) is 37.0 Å². The van der Waals surface area contributed by atoms with Crippen LogP contribution in [0.25, 0.3) is 10.2 Å². The monoisotopic (exact) mass is 343 g/mol. The summed E-state index contributed by atoms with van der Waals surface area (Å²) in [5.74, 6) is 0.728. The van der Waals surface area contributed by atoms with E-state index in [1.165, 1.54) is 23.5 Å². The second-order valence-corrected chi connectivity index (χ2v) is 7.23. The number of nitrogens with one attached hydrogen (secondary N) is 1. The highest BCUT2D eigenvalue weighted by Crippen LogP contribution is 2.18. The molecule has 4 rings (SSSR count). The number of rotatable bonds is 6. The molecule has 0 atom stereocenters. The lowest BCUT2D eigenvalue weighted by Crippen LogP contribution is -2.26. The van der Waals surface area contributed by atoms with Crippen molar-refractivity contribution in [2.45, 2.75) is 45.8 Å². The van der Waals surface area contributed by atoms with Crippen molar-refractivity contribution in [3.05, 3.63) is 45.1 Å². The van der Waals surface area contributed by atoms with Gasteiger partial charge in [-0.25, -0.2) is 4.98 Å². The SMILES string of the molecule is CCCN(Cc1cc2n(n1)CCC2)Cc1nc2ccsc2c(=O)[nH]1. The van der Waals surface area contributed by atoms with Crippen LogP contribution in [0.4, 0.5) is 0 Å². The van der Waals surface area contributed by atoms with Gasteiger partial charge in [-0.05, 0) is 43.3 Å². The number of aromatic amines is 1. The van der Waals surface area contributed by atoms with Gasteiger partial charge in [-0.2, -0.15) is 5.10 Å². The number of fused-ring (bicyclic) bond motifs is 2.